The fourth-order valence-electron chi connectivity index (χ4n) is 4.78. The van der Waals surface area contributed by atoms with E-state index in [1.165, 1.54) is 0 Å². The Balaban J connectivity index is 1.30. The molecular formula is C29H34N6O4S. The predicted octanol–water partition coefficient (Wildman–Crippen LogP) is 3.99. The molecule has 2 saturated heterocycles. The van der Waals surface area contributed by atoms with Crippen molar-refractivity contribution in [2.75, 3.05) is 58.9 Å². The van der Waals surface area contributed by atoms with E-state index >= 15 is 0 Å². The molecule has 3 aromatic rings. The van der Waals surface area contributed by atoms with Crippen LogP contribution in [0.5, 0.6) is 11.5 Å². The molecule has 1 unspecified atom stereocenters. The largest absolute Gasteiger partial charge is 0.593 e. The molecule has 1 N–H and O–H groups in total. The first-order valence-electron chi connectivity index (χ1n) is 13.5. The molecule has 3 heterocycles. The quantitative estimate of drug-likeness (QED) is 0.404. The van der Waals surface area contributed by atoms with Gasteiger partial charge in [0, 0.05) is 55.5 Å². The van der Waals surface area contributed by atoms with E-state index in [-0.39, 0.29) is 6.10 Å². The first kappa shape index (κ1) is 28.1. The third-order valence-electron chi connectivity index (χ3n) is 7.03. The Morgan fingerprint density at radius 2 is 1.93 bits per heavy atom. The number of nitrogens with one attached hydrogen (secondary N) is 1. The normalized spacial score (nSPS) is 17.9. The molecule has 1 atom stereocenters. The summed E-state index contributed by atoms with van der Waals surface area (Å²) in [5, 5.41) is 13.0. The lowest BCUT2D eigenvalue weighted by molar-refractivity contribution is 0.0254. The molecule has 2 aliphatic rings. The lowest BCUT2D eigenvalue weighted by Crippen LogP contribution is -2.34. The monoisotopic (exact) mass is 562 g/mol. The van der Waals surface area contributed by atoms with Crippen molar-refractivity contribution in [3.63, 3.8) is 0 Å². The van der Waals surface area contributed by atoms with Gasteiger partial charge in [-0.15, -0.1) is 4.31 Å². The fourth-order valence-corrected chi connectivity index (χ4v) is 6.10. The van der Waals surface area contributed by atoms with Crippen molar-refractivity contribution < 1.29 is 18.8 Å². The molecule has 0 bridgehead atoms. The van der Waals surface area contributed by atoms with Crippen LogP contribution in [-0.4, -0.2) is 83.4 Å². The van der Waals surface area contributed by atoms with Gasteiger partial charge in [0.2, 0.25) is 10.8 Å². The van der Waals surface area contributed by atoms with E-state index in [2.05, 4.69) is 33.3 Å². The molecule has 0 aliphatic carbocycles. The summed E-state index contributed by atoms with van der Waals surface area (Å²) in [4.78, 5) is 11.9. The van der Waals surface area contributed by atoms with Crippen LogP contribution < -0.4 is 14.8 Å². The van der Waals surface area contributed by atoms with Crippen LogP contribution in [0, 0.1) is 11.3 Å². The van der Waals surface area contributed by atoms with Crippen molar-refractivity contribution in [3.05, 3.63) is 54.2 Å². The van der Waals surface area contributed by atoms with Gasteiger partial charge in [0.25, 0.3) is 0 Å². The average Bonchev–Trinajstić information content (AvgIpc) is 3.22. The van der Waals surface area contributed by atoms with Crippen molar-refractivity contribution >= 4 is 23.0 Å². The molecule has 0 spiro atoms. The number of aromatic nitrogens is 2. The van der Waals surface area contributed by atoms with Crippen molar-refractivity contribution in [2.45, 2.75) is 30.3 Å². The molecule has 5 rings (SSSR count). The van der Waals surface area contributed by atoms with Crippen molar-refractivity contribution in [1.29, 1.82) is 5.26 Å². The number of nitriles is 1. The summed E-state index contributed by atoms with van der Waals surface area (Å²) in [6, 6.07) is 15.0. The molecule has 2 fully saturated rings. The summed E-state index contributed by atoms with van der Waals surface area (Å²) in [5.74, 6) is 1.50. The topological polar surface area (TPSA) is 119 Å². The van der Waals surface area contributed by atoms with Crippen LogP contribution in [0.2, 0.25) is 0 Å². The number of methoxy groups -OCH3 is 1. The second-order valence-corrected chi connectivity index (χ2v) is 11.3. The number of likely N-dealkylation sites (N-methyl/N-ethyl adjacent to an activating group) is 1. The molecule has 10 nitrogen and oxygen atoms in total. The zero-order valence-corrected chi connectivity index (χ0v) is 23.7. The molecule has 0 amide bonds. The number of rotatable bonds is 8. The maximum atomic E-state index is 13.4. The van der Waals surface area contributed by atoms with Gasteiger partial charge >= 0.3 is 0 Å². The molecule has 2 aliphatic heterocycles. The highest BCUT2D eigenvalue weighted by Gasteiger charge is 2.28. The van der Waals surface area contributed by atoms with Crippen molar-refractivity contribution in [3.8, 4) is 28.8 Å². The fraction of sp³-hybridized carbons (Fsp3) is 0.414. The van der Waals surface area contributed by atoms with Crippen LogP contribution in [0.3, 0.4) is 0 Å². The lowest BCUT2D eigenvalue weighted by Gasteiger charge is -2.24. The Morgan fingerprint density at radius 3 is 2.73 bits per heavy atom. The molecule has 0 saturated carbocycles. The smallest absolute Gasteiger partial charge is 0.227 e. The van der Waals surface area contributed by atoms with Crippen LogP contribution in [0.15, 0.2) is 53.6 Å². The van der Waals surface area contributed by atoms with E-state index < -0.39 is 11.4 Å². The van der Waals surface area contributed by atoms with Crippen molar-refractivity contribution in [2.24, 2.45) is 0 Å². The minimum Gasteiger partial charge on any atom is -0.593 e. The van der Waals surface area contributed by atoms with E-state index in [1.807, 2.05) is 34.6 Å². The van der Waals surface area contributed by atoms with E-state index in [9.17, 15) is 9.81 Å². The van der Waals surface area contributed by atoms with Gasteiger partial charge in [-0.3, -0.25) is 0 Å². The highest BCUT2D eigenvalue weighted by atomic mass is 32.2. The minimum atomic E-state index is -1.32. The number of benzene rings is 2. The Hall–Kier alpha value is -3.40. The van der Waals surface area contributed by atoms with Crippen molar-refractivity contribution in [1.82, 2.24) is 19.2 Å². The predicted molar refractivity (Wildman–Crippen MR) is 153 cm³/mol. The lowest BCUT2D eigenvalue weighted by atomic mass is 10.1. The highest BCUT2D eigenvalue weighted by Crippen LogP contribution is 2.32. The Bertz CT molecular complexity index is 1350. The number of nitrogens with zero attached hydrogens (tertiary/aromatic N) is 5. The number of hydrogen-bond acceptors (Lipinski definition) is 10. The van der Waals surface area contributed by atoms with Gasteiger partial charge in [-0.05, 0) is 50.3 Å². The average molecular weight is 563 g/mol. The maximum absolute atomic E-state index is 13.4. The minimum absolute atomic E-state index is 0.0495. The van der Waals surface area contributed by atoms with Gasteiger partial charge in [0.15, 0.2) is 5.75 Å². The molecular weight excluding hydrogens is 528 g/mol. The Morgan fingerprint density at radius 1 is 1.07 bits per heavy atom. The second kappa shape index (κ2) is 13.3. The van der Waals surface area contributed by atoms with Gasteiger partial charge in [-0.25, -0.2) is 9.97 Å². The van der Waals surface area contributed by atoms with Crippen LogP contribution in [-0.2, 0) is 16.1 Å². The van der Waals surface area contributed by atoms with Gasteiger partial charge < -0.3 is 29.0 Å². The SMILES string of the molecule is COc1cc(Nc2nccc(-c3ccc(OC4CCOCC4)c(C#N)c3)n2)ccc1[S+]([O-])N1CCCN(C)CC1. The summed E-state index contributed by atoms with van der Waals surface area (Å²) in [6.07, 6.45) is 4.31. The zero-order valence-electron chi connectivity index (χ0n) is 22.8. The molecule has 40 heavy (non-hydrogen) atoms. The summed E-state index contributed by atoms with van der Waals surface area (Å²) < 4.78 is 32.4. The van der Waals surface area contributed by atoms with E-state index in [4.69, 9.17) is 14.2 Å². The van der Waals surface area contributed by atoms with Crippen LogP contribution >= 0.6 is 0 Å². The number of ether oxygens (including phenoxy) is 3. The third-order valence-corrected chi connectivity index (χ3v) is 8.58. The van der Waals surface area contributed by atoms with Gasteiger partial charge in [-0.1, -0.05) is 0 Å². The Labute approximate surface area is 238 Å². The molecule has 0 radical (unpaired) electrons. The first-order valence-corrected chi connectivity index (χ1v) is 14.6. The van der Waals surface area contributed by atoms with E-state index in [0.717, 1.165) is 51.0 Å². The third kappa shape index (κ3) is 6.83. The van der Waals surface area contributed by atoms with Crippen LogP contribution in [0.25, 0.3) is 11.3 Å². The summed E-state index contributed by atoms with van der Waals surface area (Å²) in [5.41, 5.74) is 2.62. The molecule has 2 aromatic carbocycles. The number of hydrogen-bond donors (Lipinski definition) is 1. The first-order chi connectivity index (χ1) is 19.5. The summed E-state index contributed by atoms with van der Waals surface area (Å²) >= 11 is -1.32. The second-order valence-electron chi connectivity index (χ2n) is 9.84. The summed E-state index contributed by atoms with van der Waals surface area (Å²) in [6.45, 7) is 4.73. The Kier molecular flexibility index (Phi) is 9.36. The number of anilines is 2. The van der Waals surface area contributed by atoms with E-state index in [0.29, 0.717) is 52.5 Å². The van der Waals surface area contributed by atoms with E-state index in [1.54, 1.807) is 25.4 Å². The van der Waals surface area contributed by atoms with Gasteiger partial charge in [0.1, 0.15) is 17.9 Å². The summed E-state index contributed by atoms with van der Waals surface area (Å²) in [7, 11) is 3.67. The molecule has 1 aromatic heterocycles. The van der Waals surface area contributed by atoms with Crippen LogP contribution in [0.1, 0.15) is 24.8 Å². The van der Waals surface area contributed by atoms with Gasteiger partial charge in [-0.2, -0.15) is 5.26 Å². The molecule has 11 heteroatoms. The standard InChI is InChI=1S/C29H34N6O4S/c1-34-12-3-13-35(15-14-34)40(36)28-7-5-23(19-27(28)37-2)32-29-31-11-8-25(33-29)21-4-6-26(22(18-21)20-30)39-24-9-16-38-17-10-24/h4-8,11,18-19,24H,3,9-10,12-17H2,1-2H3,(H,31,32,33). The molecule has 210 valence electrons. The van der Waals surface area contributed by atoms with Crippen LogP contribution in [0.4, 0.5) is 11.6 Å². The van der Waals surface area contributed by atoms with Gasteiger partial charge in [0.05, 0.1) is 49.5 Å². The maximum Gasteiger partial charge on any atom is 0.227 e. The zero-order chi connectivity index (χ0) is 27.9. The highest BCUT2D eigenvalue weighted by molar-refractivity contribution is 7.89.